The Morgan fingerprint density at radius 2 is 0.714 bits per heavy atom. The molecule has 0 fully saturated rings. The summed E-state index contributed by atoms with van der Waals surface area (Å²) in [5, 5.41) is 14.0. The predicted octanol–water partition coefficient (Wildman–Crippen LogP) is 21.3. The molecule has 77 heavy (non-hydrogen) atoms. The van der Waals surface area contributed by atoms with Crippen molar-refractivity contribution >= 4 is 13.7 Å². The standard InChI is InChI=1S/C68H133N2O6P/c1-6-8-10-12-14-16-18-20-22-24-26-28-30-32-33-34-35-36-37-38-40-42-44-46-48-50-52-54-56-58-60-62-68(72)69-66(65-76-77(73,74)75-64-63-70(3,4)5)67(71)61-59-57-55-53-51-49-47-45-43-41-39-31-29-27-25-23-21-19-17-15-13-11-9-7-2/h43,45,51,53,59,61,66-67,71H,6-42,44,46-50,52,54-58,60,62-65H2,1-5H3,(H-,69,72,73,74)/p+1/b45-43+,53-51+,61-59+. The lowest BCUT2D eigenvalue weighted by molar-refractivity contribution is -0.870. The minimum atomic E-state index is -4.36. The first kappa shape index (κ1) is 75.7. The van der Waals surface area contributed by atoms with E-state index in [-0.39, 0.29) is 19.1 Å². The van der Waals surface area contributed by atoms with Gasteiger partial charge in [-0.1, -0.05) is 326 Å². The number of carbonyl (C=O) groups is 1. The van der Waals surface area contributed by atoms with E-state index < -0.39 is 20.0 Å². The van der Waals surface area contributed by atoms with Crippen LogP contribution in [0.25, 0.3) is 0 Å². The van der Waals surface area contributed by atoms with Crippen LogP contribution in [0, 0.1) is 0 Å². The van der Waals surface area contributed by atoms with Crippen molar-refractivity contribution in [2.75, 3.05) is 40.9 Å². The molecule has 1 amide bonds. The van der Waals surface area contributed by atoms with Crippen LogP contribution in [-0.2, 0) is 18.4 Å². The van der Waals surface area contributed by atoms with Crippen LogP contribution in [0.4, 0.5) is 0 Å². The number of hydrogen-bond donors (Lipinski definition) is 3. The summed E-state index contributed by atoms with van der Waals surface area (Å²) in [5.74, 6) is -0.184. The highest BCUT2D eigenvalue weighted by Crippen LogP contribution is 2.43. The second-order valence-corrected chi connectivity index (χ2v) is 26.0. The summed E-state index contributed by atoms with van der Waals surface area (Å²) in [5.41, 5.74) is 0. The van der Waals surface area contributed by atoms with E-state index in [0.29, 0.717) is 17.4 Å². The predicted molar refractivity (Wildman–Crippen MR) is 337 cm³/mol. The largest absolute Gasteiger partial charge is 0.472 e. The third kappa shape index (κ3) is 62.2. The third-order valence-electron chi connectivity index (χ3n) is 15.6. The molecule has 0 saturated heterocycles. The number of quaternary nitrogens is 1. The summed E-state index contributed by atoms with van der Waals surface area (Å²) in [6.45, 7) is 4.84. The Labute approximate surface area is 480 Å². The Hall–Kier alpha value is -1.28. The van der Waals surface area contributed by atoms with Gasteiger partial charge < -0.3 is 19.8 Å². The van der Waals surface area contributed by atoms with Crippen LogP contribution in [0.5, 0.6) is 0 Å². The van der Waals surface area contributed by atoms with E-state index >= 15 is 0 Å². The fourth-order valence-corrected chi connectivity index (χ4v) is 11.1. The normalized spacial score (nSPS) is 13.9. The Kier molecular flexibility index (Phi) is 58.4. The Morgan fingerprint density at radius 3 is 1.04 bits per heavy atom. The zero-order chi connectivity index (χ0) is 56.3. The number of likely N-dealkylation sites (N-methyl/N-ethyl adjacent to an activating group) is 1. The monoisotopic (exact) mass is 1110 g/mol. The fraction of sp³-hybridized carbons (Fsp3) is 0.897. The third-order valence-corrected chi connectivity index (χ3v) is 16.6. The summed E-state index contributed by atoms with van der Waals surface area (Å²) >= 11 is 0. The molecule has 0 aliphatic carbocycles. The van der Waals surface area contributed by atoms with Gasteiger partial charge in [-0.05, 0) is 44.9 Å². The number of nitrogens with zero attached hydrogens (tertiary/aromatic N) is 1. The molecular weight excluding hydrogens is 972 g/mol. The van der Waals surface area contributed by atoms with Crippen molar-refractivity contribution in [1.29, 1.82) is 0 Å². The number of phosphoric ester groups is 1. The maximum atomic E-state index is 13.0. The number of aliphatic hydroxyl groups is 1. The average molecular weight is 1110 g/mol. The number of aliphatic hydroxyl groups excluding tert-OH is 1. The van der Waals surface area contributed by atoms with Crippen molar-refractivity contribution in [3.63, 3.8) is 0 Å². The van der Waals surface area contributed by atoms with Gasteiger partial charge in [0.05, 0.1) is 39.9 Å². The highest BCUT2D eigenvalue weighted by atomic mass is 31.2. The molecule has 9 heteroatoms. The molecule has 3 unspecified atom stereocenters. The molecular formula is C68H134N2O6P+. The van der Waals surface area contributed by atoms with Gasteiger partial charge >= 0.3 is 7.82 Å². The van der Waals surface area contributed by atoms with Gasteiger partial charge in [0.15, 0.2) is 0 Å². The lowest BCUT2D eigenvalue weighted by Crippen LogP contribution is -2.45. The highest BCUT2D eigenvalue weighted by molar-refractivity contribution is 7.47. The van der Waals surface area contributed by atoms with Crippen LogP contribution in [0.1, 0.15) is 341 Å². The molecule has 0 aromatic carbocycles. The molecule has 0 radical (unpaired) electrons. The van der Waals surface area contributed by atoms with Gasteiger partial charge in [0.2, 0.25) is 5.91 Å². The molecule has 0 spiro atoms. The fourth-order valence-electron chi connectivity index (χ4n) is 10.3. The SMILES string of the molecule is CCCCCCCCCCCCCCCC/C=C/CC/C=C/CC/C=C/C(O)C(COP(=O)(O)OCC[N+](C)(C)C)NC(=O)CCCCCCCCCCCCCCCCCCCCCCCCCCCCCCCCC. The summed E-state index contributed by atoms with van der Waals surface area (Å²) in [4.78, 5) is 23.4. The van der Waals surface area contributed by atoms with Gasteiger partial charge in [0.1, 0.15) is 13.2 Å². The molecule has 0 rings (SSSR count). The zero-order valence-electron chi connectivity index (χ0n) is 52.2. The molecule has 0 saturated carbocycles. The van der Waals surface area contributed by atoms with Gasteiger partial charge in [0, 0.05) is 6.42 Å². The first-order valence-electron chi connectivity index (χ1n) is 33.9. The number of unbranched alkanes of at least 4 members (excludes halogenated alkanes) is 46. The number of phosphoric acid groups is 1. The summed E-state index contributed by atoms with van der Waals surface area (Å²) < 4.78 is 23.8. The minimum Gasteiger partial charge on any atom is -0.387 e. The number of hydrogen-bond acceptors (Lipinski definition) is 5. The van der Waals surface area contributed by atoms with Gasteiger partial charge in [-0.25, -0.2) is 4.57 Å². The summed E-state index contributed by atoms with van der Waals surface area (Å²) in [7, 11) is 1.56. The van der Waals surface area contributed by atoms with E-state index in [2.05, 4.69) is 43.5 Å². The summed E-state index contributed by atoms with van der Waals surface area (Å²) in [6, 6.07) is -0.869. The smallest absolute Gasteiger partial charge is 0.387 e. The average Bonchev–Trinajstić information content (AvgIpc) is 3.39. The second-order valence-electron chi connectivity index (χ2n) is 24.5. The zero-order valence-corrected chi connectivity index (χ0v) is 53.1. The molecule has 0 aliphatic heterocycles. The Morgan fingerprint density at radius 1 is 0.429 bits per heavy atom. The summed E-state index contributed by atoms with van der Waals surface area (Å²) in [6.07, 6.45) is 78.7. The number of amides is 1. The minimum absolute atomic E-state index is 0.0554. The van der Waals surface area contributed by atoms with E-state index in [1.165, 1.54) is 276 Å². The molecule has 3 atom stereocenters. The van der Waals surface area contributed by atoms with Gasteiger partial charge in [0.25, 0.3) is 0 Å². The molecule has 8 nitrogen and oxygen atoms in total. The van der Waals surface area contributed by atoms with Gasteiger partial charge in [-0.2, -0.15) is 0 Å². The van der Waals surface area contributed by atoms with E-state index in [0.717, 1.165) is 44.9 Å². The maximum Gasteiger partial charge on any atom is 0.472 e. The quantitative estimate of drug-likeness (QED) is 0.0243. The number of rotatable bonds is 63. The number of allylic oxidation sites excluding steroid dienone is 5. The first-order chi connectivity index (χ1) is 37.5. The lowest BCUT2D eigenvalue weighted by Gasteiger charge is -2.25. The molecule has 3 N–H and O–H groups in total. The molecule has 0 aliphatic rings. The molecule has 0 heterocycles. The van der Waals surface area contributed by atoms with Crippen LogP contribution >= 0.6 is 7.82 Å². The van der Waals surface area contributed by atoms with Crippen molar-refractivity contribution in [3.05, 3.63) is 36.5 Å². The molecule has 0 bridgehead atoms. The van der Waals surface area contributed by atoms with Crippen LogP contribution in [-0.4, -0.2) is 73.4 Å². The molecule has 456 valence electrons. The number of carbonyl (C=O) groups excluding carboxylic acids is 1. The molecule has 0 aromatic heterocycles. The van der Waals surface area contributed by atoms with Gasteiger partial charge in [-0.3, -0.25) is 13.8 Å². The Bertz CT molecular complexity index is 1350. The highest BCUT2D eigenvalue weighted by Gasteiger charge is 2.28. The van der Waals surface area contributed by atoms with Crippen molar-refractivity contribution in [3.8, 4) is 0 Å². The number of nitrogens with one attached hydrogen (secondary N) is 1. The maximum absolute atomic E-state index is 13.0. The van der Waals surface area contributed by atoms with Crippen LogP contribution in [0.3, 0.4) is 0 Å². The van der Waals surface area contributed by atoms with E-state index in [9.17, 15) is 19.4 Å². The van der Waals surface area contributed by atoms with Crippen molar-refractivity contribution in [1.82, 2.24) is 5.32 Å². The van der Waals surface area contributed by atoms with Crippen molar-refractivity contribution in [2.45, 2.75) is 353 Å². The van der Waals surface area contributed by atoms with Crippen LogP contribution in [0.2, 0.25) is 0 Å². The lowest BCUT2D eigenvalue weighted by atomic mass is 10.0. The topological polar surface area (TPSA) is 105 Å². The van der Waals surface area contributed by atoms with E-state index in [4.69, 9.17) is 9.05 Å². The van der Waals surface area contributed by atoms with E-state index in [1.54, 1.807) is 6.08 Å². The first-order valence-corrected chi connectivity index (χ1v) is 35.4. The van der Waals surface area contributed by atoms with Crippen LogP contribution in [0.15, 0.2) is 36.5 Å². The van der Waals surface area contributed by atoms with Crippen molar-refractivity contribution < 1.29 is 32.9 Å². The Balaban J connectivity index is 4.10. The molecule has 0 aromatic rings. The van der Waals surface area contributed by atoms with Crippen molar-refractivity contribution in [2.24, 2.45) is 0 Å². The van der Waals surface area contributed by atoms with Crippen LogP contribution < -0.4 is 5.32 Å². The van der Waals surface area contributed by atoms with E-state index in [1.807, 2.05) is 27.2 Å². The van der Waals surface area contributed by atoms with Gasteiger partial charge in [-0.15, -0.1) is 0 Å². The second kappa shape index (κ2) is 59.3.